The van der Waals surface area contributed by atoms with Gasteiger partial charge in [0.05, 0.1) is 11.6 Å². The number of nitrogens with one attached hydrogen (secondary N) is 1. The van der Waals surface area contributed by atoms with Crippen LogP contribution in [0, 0.1) is 11.3 Å². The first-order chi connectivity index (χ1) is 14.0. The molecule has 1 fully saturated rings. The number of hydrogen-bond acceptors (Lipinski definition) is 4. The van der Waals surface area contributed by atoms with Crippen molar-refractivity contribution in [1.82, 2.24) is 10.2 Å². The van der Waals surface area contributed by atoms with Gasteiger partial charge in [0.25, 0.3) is 0 Å². The van der Waals surface area contributed by atoms with Gasteiger partial charge in [-0.1, -0.05) is 39.2 Å². The zero-order valence-corrected chi connectivity index (χ0v) is 19.3. The third kappa shape index (κ3) is 5.55. The van der Waals surface area contributed by atoms with Crippen LogP contribution in [-0.4, -0.2) is 35.2 Å². The Morgan fingerprint density at radius 1 is 1.23 bits per heavy atom. The summed E-state index contributed by atoms with van der Waals surface area (Å²) in [6.07, 6.45) is 6.18. The smallest absolute Gasteiger partial charge is 0.408 e. The summed E-state index contributed by atoms with van der Waals surface area (Å²) < 4.78 is 5.57. The van der Waals surface area contributed by atoms with Gasteiger partial charge < -0.3 is 10.1 Å². The average molecular weight is 412 g/mol. The summed E-state index contributed by atoms with van der Waals surface area (Å²) in [6.45, 7) is 13.0. The van der Waals surface area contributed by atoms with Crippen molar-refractivity contribution in [2.45, 2.75) is 96.2 Å². The van der Waals surface area contributed by atoms with Crippen molar-refractivity contribution < 1.29 is 9.53 Å². The molecule has 0 unspecified atom stereocenters. The minimum Gasteiger partial charge on any atom is -0.444 e. The molecule has 0 atom stereocenters. The fourth-order valence-electron chi connectivity index (χ4n) is 5.11. The largest absolute Gasteiger partial charge is 0.444 e. The van der Waals surface area contributed by atoms with E-state index >= 15 is 0 Å². The maximum Gasteiger partial charge on any atom is 0.408 e. The first kappa shape index (κ1) is 22.6. The number of nitriles is 1. The lowest BCUT2D eigenvalue weighted by Crippen LogP contribution is -2.53. The highest BCUT2D eigenvalue weighted by Gasteiger charge is 2.37. The first-order valence-corrected chi connectivity index (χ1v) is 11.3. The molecule has 3 rings (SSSR count). The predicted octanol–water partition coefficient (Wildman–Crippen LogP) is 5.27. The van der Waals surface area contributed by atoms with Crippen LogP contribution in [0.25, 0.3) is 0 Å². The summed E-state index contributed by atoms with van der Waals surface area (Å²) in [4.78, 5) is 15.0. The Bertz CT molecular complexity index is 811. The van der Waals surface area contributed by atoms with Crippen LogP contribution in [-0.2, 0) is 16.7 Å². The predicted molar refractivity (Wildman–Crippen MR) is 119 cm³/mol. The van der Waals surface area contributed by atoms with Crippen LogP contribution in [0.5, 0.6) is 0 Å². The number of nitrogens with zero attached hydrogens (tertiary/aromatic N) is 2. The fraction of sp³-hybridized carbons (Fsp3) is 0.680. The Hall–Kier alpha value is -2.06. The number of amides is 1. The van der Waals surface area contributed by atoms with Crippen LogP contribution in [0.4, 0.5) is 4.79 Å². The quantitative estimate of drug-likeness (QED) is 0.733. The van der Waals surface area contributed by atoms with E-state index in [0.717, 1.165) is 57.3 Å². The van der Waals surface area contributed by atoms with Crippen LogP contribution in [0.2, 0.25) is 0 Å². The molecule has 1 aromatic carbocycles. The third-order valence-electron chi connectivity index (χ3n) is 6.46. The van der Waals surface area contributed by atoms with Crippen molar-refractivity contribution in [1.29, 1.82) is 5.26 Å². The standard InChI is InChI=1S/C25H37N3O2/c1-23(2,3)30-22(29)27-25(11-7-6-8-12-25)13-14-28-17-20-15-19(16-26)9-10-21(20)24(4,5)18-28/h9-10,15H,6-8,11-14,17-18H2,1-5H3,(H,27,29). The molecule has 1 N–H and O–H groups in total. The molecular formula is C25H37N3O2. The van der Waals surface area contributed by atoms with Crippen molar-refractivity contribution in [3.63, 3.8) is 0 Å². The highest BCUT2D eigenvalue weighted by atomic mass is 16.6. The normalized spacial score (nSPS) is 20.7. The van der Waals surface area contributed by atoms with E-state index in [1.54, 1.807) is 0 Å². The Kier molecular flexibility index (Phi) is 6.48. The number of alkyl carbamates (subject to hydrolysis) is 1. The molecule has 1 amide bonds. The number of fused-ring (bicyclic) bond motifs is 1. The van der Waals surface area contributed by atoms with Crippen molar-refractivity contribution in [2.75, 3.05) is 13.1 Å². The van der Waals surface area contributed by atoms with Crippen molar-refractivity contribution in [2.24, 2.45) is 0 Å². The van der Waals surface area contributed by atoms with Crippen LogP contribution < -0.4 is 5.32 Å². The molecule has 0 spiro atoms. The fourth-order valence-corrected chi connectivity index (χ4v) is 5.11. The van der Waals surface area contributed by atoms with E-state index in [1.807, 2.05) is 32.9 Å². The summed E-state index contributed by atoms with van der Waals surface area (Å²) in [5, 5.41) is 12.5. The van der Waals surface area contributed by atoms with E-state index in [-0.39, 0.29) is 17.0 Å². The summed E-state index contributed by atoms with van der Waals surface area (Å²) in [7, 11) is 0. The second-order valence-corrected chi connectivity index (χ2v) is 10.8. The van der Waals surface area contributed by atoms with Gasteiger partial charge in [0.1, 0.15) is 5.60 Å². The van der Waals surface area contributed by atoms with E-state index in [2.05, 4.69) is 36.2 Å². The van der Waals surface area contributed by atoms with E-state index in [9.17, 15) is 10.1 Å². The average Bonchev–Trinajstić information content (AvgIpc) is 2.64. The molecule has 1 aliphatic carbocycles. The van der Waals surface area contributed by atoms with E-state index in [0.29, 0.717) is 0 Å². The van der Waals surface area contributed by atoms with Crippen LogP contribution in [0.1, 0.15) is 89.8 Å². The van der Waals surface area contributed by atoms with E-state index in [1.165, 1.54) is 17.5 Å². The molecule has 0 aromatic heterocycles. The topological polar surface area (TPSA) is 65.4 Å². The molecule has 164 valence electrons. The van der Waals surface area contributed by atoms with Gasteiger partial charge in [-0.15, -0.1) is 0 Å². The molecule has 1 aliphatic heterocycles. The molecule has 0 radical (unpaired) electrons. The number of carbonyl (C=O) groups is 1. The lowest BCUT2D eigenvalue weighted by atomic mass is 9.76. The summed E-state index contributed by atoms with van der Waals surface area (Å²) in [6, 6.07) is 8.36. The molecular weight excluding hydrogens is 374 g/mol. The Balaban J connectivity index is 1.71. The number of benzene rings is 1. The van der Waals surface area contributed by atoms with Crippen molar-refractivity contribution >= 4 is 6.09 Å². The van der Waals surface area contributed by atoms with Gasteiger partial charge >= 0.3 is 6.09 Å². The number of hydrogen-bond donors (Lipinski definition) is 1. The minimum atomic E-state index is -0.487. The van der Waals surface area contributed by atoms with E-state index in [4.69, 9.17) is 4.74 Å². The lowest BCUT2D eigenvalue weighted by molar-refractivity contribution is 0.0398. The second-order valence-electron chi connectivity index (χ2n) is 10.8. The summed E-state index contributed by atoms with van der Waals surface area (Å²) >= 11 is 0. The zero-order valence-electron chi connectivity index (χ0n) is 19.3. The highest BCUT2D eigenvalue weighted by molar-refractivity contribution is 5.68. The molecule has 5 nitrogen and oxygen atoms in total. The molecule has 2 aliphatic rings. The molecule has 5 heteroatoms. The molecule has 30 heavy (non-hydrogen) atoms. The number of rotatable bonds is 4. The highest BCUT2D eigenvalue weighted by Crippen LogP contribution is 2.36. The third-order valence-corrected chi connectivity index (χ3v) is 6.46. The van der Waals surface area contributed by atoms with Gasteiger partial charge in [-0.2, -0.15) is 5.26 Å². The zero-order chi connectivity index (χ0) is 22.0. The van der Waals surface area contributed by atoms with Crippen LogP contribution in [0.15, 0.2) is 18.2 Å². The minimum absolute atomic E-state index is 0.0416. The van der Waals surface area contributed by atoms with Gasteiger partial charge in [-0.25, -0.2) is 4.79 Å². The van der Waals surface area contributed by atoms with Crippen molar-refractivity contribution in [3.05, 3.63) is 34.9 Å². The van der Waals surface area contributed by atoms with Gasteiger partial charge in [0, 0.05) is 30.6 Å². The van der Waals surface area contributed by atoms with Gasteiger partial charge in [0.15, 0.2) is 0 Å². The van der Waals surface area contributed by atoms with Crippen LogP contribution >= 0.6 is 0 Å². The van der Waals surface area contributed by atoms with Gasteiger partial charge in [-0.05, 0) is 63.3 Å². The first-order valence-electron chi connectivity index (χ1n) is 11.3. The number of ether oxygens (including phenoxy) is 1. The SMILES string of the molecule is CC(C)(C)OC(=O)NC1(CCN2Cc3cc(C#N)ccc3C(C)(C)C2)CCCCC1. The monoisotopic (exact) mass is 411 g/mol. The van der Waals surface area contributed by atoms with E-state index < -0.39 is 5.60 Å². The van der Waals surface area contributed by atoms with Crippen molar-refractivity contribution in [3.8, 4) is 6.07 Å². The number of carbonyl (C=O) groups excluding carboxylic acids is 1. The Labute approximate surface area is 181 Å². The molecule has 0 bridgehead atoms. The molecule has 1 saturated carbocycles. The molecule has 1 heterocycles. The summed E-state index contributed by atoms with van der Waals surface area (Å²) in [5.74, 6) is 0. The lowest BCUT2D eigenvalue weighted by Gasteiger charge is -2.43. The maximum absolute atomic E-state index is 12.5. The van der Waals surface area contributed by atoms with Crippen LogP contribution in [0.3, 0.4) is 0 Å². The van der Waals surface area contributed by atoms with Gasteiger partial charge in [-0.3, -0.25) is 4.90 Å². The van der Waals surface area contributed by atoms with Gasteiger partial charge in [0.2, 0.25) is 0 Å². The Morgan fingerprint density at radius 3 is 2.57 bits per heavy atom. The maximum atomic E-state index is 12.5. The summed E-state index contributed by atoms with van der Waals surface area (Å²) in [5.41, 5.74) is 2.69. The molecule has 0 saturated heterocycles. The Morgan fingerprint density at radius 2 is 1.93 bits per heavy atom. The second kappa shape index (κ2) is 8.59. The molecule has 1 aromatic rings.